The molecule has 1 aliphatic rings. The Bertz CT molecular complexity index is 1280. The zero-order valence-corrected chi connectivity index (χ0v) is 19.6. The highest BCUT2D eigenvalue weighted by atomic mass is 32.2. The minimum absolute atomic E-state index is 0.0904. The van der Waals surface area contributed by atoms with Crippen LogP contribution in [0.25, 0.3) is 10.2 Å². The quantitative estimate of drug-likeness (QED) is 0.399. The maximum atomic E-state index is 12.5. The first-order valence-corrected chi connectivity index (χ1v) is 12.8. The highest BCUT2D eigenvalue weighted by Gasteiger charge is 2.25. The number of thiazole rings is 1. The number of ether oxygens (including phenoxy) is 2. The van der Waals surface area contributed by atoms with Gasteiger partial charge in [-0.3, -0.25) is 9.59 Å². The van der Waals surface area contributed by atoms with E-state index >= 15 is 0 Å². The van der Waals surface area contributed by atoms with Gasteiger partial charge in [0.15, 0.2) is 14.6 Å². The van der Waals surface area contributed by atoms with Crippen molar-refractivity contribution in [2.45, 2.75) is 13.5 Å². The molecule has 12 heteroatoms. The van der Waals surface area contributed by atoms with Gasteiger partial charge < -0.3 is 18.9 Å². The molecular weight excluding hydrogens is 470 g/mol. The Morgan fingerprint density at radius 2 is 1.97 bits per heavy atom. The van der Waals surface area contributed by atoms with Gasteiger partial charge in [0, 0.05) is 13.1 Å². The number of fused-ring (bicyclic) bond motifs is 1. The van der Waals surface area contributed by atoms with Gasteiger partial charge in [-0.2, -0.15) is 4.99 Å². The molecule has 0 bridgehead atoms. The van der Waals surface area contributed by atoms with Gasteiger partial charge in [-0.25, -0.2) is 13.2 Å². The summed E-state index contributed by atoms with van der Waals surface area (Å²) in [6.45, 7) is 3.34. The van der Waals surface area contributed by atoms with Gasteiger partial charge in [0.25, 0.3) is 5.91 Å². The van der Waals surface area contributed by atoms with Crippen LogP contribution in [0.5, 0.6) is 0 Å². The number of hydrogen-bond donors (Lipinski definition) is 0. The second kappa shape index (κ2) is 10.7. The number of benzene rings is 1. The molecule has 1 fully saturated rings. The van der Waals surface area contributed by atoms with E-state index in [-0.39, 0.29) is 18.0 Å². The number of carbonyl (C=O) groups excluding carboxylic acids is 3. The summed E-state index contributed by atoms with van der Waals surface area (Å²) >= 11 is 1.09. The largest absolute Gasteiger partial charge is 0.462 e. The average Bonchev–Trinajstić information content (AvgIpc) is 3.10. The maximum Gasteiger partial charge on any atom is 0.338 e. The van der Waals surface area contributed by atoms with Crippen molar-refractivity contribution in [1.82, 2.24) is 9.47 Å². The zero-order chi connectivity index (χ0) is 24.0. The number of aromatic nitrogens is 1. The molecule has 0 radical (unpaired) electrons. The zero-order valence-electron chi connectivity index (χ0n) is 18.0. The number of esters is 1. The predicted octanol–water partition coefficient (Wildman–Crippen LogP) is 0.214. The third-order valence-electron chi connectivity index (χ3n) is 4.71. The number of sulfone groups is 1. The van der Waals surface area contributed by atoms with Crippen LogP contribution in [0.1, 0.15) is 17.3 Å². The lowest BCUT2D eigenvalue weighted by Crippen LogP contribution is -2.43. The predicted molar refractivity (Wildman–Crippen MR) is 121 cm³/mol. The molecule has 1 saturated heterocycles. The van der Waals surface area contributed by atoms with E-state index < -0.39 is 39.1 Å². The number of hydrogen-bond acceptors (Lipinski definition) is 8. The van der Waals surface area contributed by atoms with Gasteiger partial charge >= 0.3 is 5.97 Å². The van der Waals surface area contributed by atoms with Crippen LogP contribution in [-0.2, 0) is 35.4 Å². The SMILES string of the molecule is C#CCn1c(=NC(=O)CS(=O)(=O)CC(=O)N2CCOCC2)sc2cc(C(=O)OCC)ccc21. The minimum atomic E-state index is -4.01. The summed E-state index contributed by atoms with van der Waals surface area (Å²) in [7, 11) is -4.01. The highest BCUT2D eigenvalue weighted by Crippen LogP contribution is 2.20. The van der Waals surface area contributed by atoms with E-state index in [9.17, 15) is 22.8 Å². The molecule has 0 atom stereocenters. The normalized spacial score (nSPS) is 14.8. The molecular formula is C21H23N3O7S2. The summed E-state index contributed by atoms with van der Waals surface area (Å²) < 4.78 is 37.2. The van der Waals surface area contributed by atoms with Crippen LogP contribution in [-0.4, -0.2) is 80.1 Å². The fourth-order valence-corrected chi connectivity index (χ4v) is 5.40. The molecule has 176 valence electrons. The molecule has 2 aromatic rings. The van der Waals surface area contributed by atoms with Crippen molar-refractivity contribution in [3.05, 3.63) is 28.6 Å². The van der Waals surface area contributed by atoms with Crippen molar-refractivity contribution in [2.75, 3.05) is 44.4 Å². The average molecular weight is 494 g/mol. The molecule has 33 heavy (non-hydrogen) atoms. The molecule has 1 aliphatic heterocycles. The molecule has 1 aromatic heterocycles. The van der Waals surface area contributed by atoms with Gasteiger partial charge in [-0.1, -0.05) is 17.3 Å². The van der Waals surface area contributed by atoms with Crippen LogP contribution >= 0.6 is 11.3 Å². The first-order chi connectivity index (χ1) is 15.7. The molecule has 0 unspecified atom stereocenters. The number of nitrogens with zero attached hydrogens (tertiary/aromatic N) is 3. The van der Waals surface area contributed by atoms with Crippen molar-refractivity contribution in [3.63, 3.8) is 0 Å². The van der Waals surface area contributed by atoms with E-state index in [1.165, 1.54) is 4.90 Å². The van der Waals surface area contributed by atoms with Gasteiger partial charge in [0.1, 0.15) is 11.5 Å². The third-order valence-corrected chi connectivity index (χ3v) is 7.13. The summed E-state index contributed by atoms with van der Waals surface area (Å²) in [5.74, 6) is -1.16. The van der Waals surface area contributed by atoms with E-state index in [1.807, 2.05) is 0 Å². The Morgan fingerprint density at radius 3 is 2.64 bits per heavy atom. The van der Waals surface area contributed by atoms with Crippen molar-refractivity contribution in [3.8, 4) is 12.3 Å². The molecule has 2 amide bonds. The molecule has 0 saturated carbocycles. The van der Waals surface area contributed by atoms with Gasteiger partial charge in [-0.05, 0) is 25.1 Å². The number of rotatable bonds is 7. The van der Waals surface area contributed by atoms with Crippen molar-refractivity contribution >= 4 is 49.2 Å². The van der Waals surface area contributed by atoms with Crippen LogP contribution in [0.3, 0.4) is 0 Å². The lowest BCUT2D eigenvalue weighted by Gasteiger charge is -2.26. The Morgan fingerprint density at radius 1 is 1.24 bits per heavy atom. The van der Waals surface area contributed by atoms with Crippen LogP contribution in [0.2, 0.25) is 0 Å². The lowest BCUT2D eigenvalue weighted by molar-refractivity contribution is -0.132. The van der Waals surface area contributed by atoms with Crippen LogP contribution in [0.15, 0.2) is 23.2 Å². The molecule has 2 heterocycles. The van der Waals surface area contributed by atoms with E-state index in [2.05, 4.69) is 10.9 Å². The molecule has 0 N–H and O–H groups in total. The minimum Gasteiger partial charge on any atom is -0.462 e. The summed E-state index contributed by atoms with van der Waals surface area (Å²) in [4.78, 5) is 42.2. The van der Waals surface area contributed by atoms with Crippen LogP contribution in [0, 0.1) is 12.3 Å². The summed E-state index contributed by atoms with van der Waals surface area (Å²) in [5, 5.41) is 0. The fourth-order valence-electron chi connectivity index (χ4n) is 3.21. The Hall–Kier alpha value is -3.01. The Balaban J connectivity index is 1.83. The molecule has 0 aliphatic carbocycles. The molecule has 3 rings (SSSR count). The van der Waals surface area contributed by atoms with Crippen molar-refractivity contribution in [1.29, 1.82) is 0 Å². The fraction of sp³-hybridized carbons (Fsp3) is 0.429. The third kappa shape index (κ3) is 6.28. The molecule has 1 aromatic carbocycles. The van der Waals surface area contributed by atoms with Crippen molar-refractivity contribution in [2.24, 2.45) is 4.99 Å². The van der Waals surface area contributed by atoms with Gasteiger partial charge in [0.2, 0.25) is 5.91 Å². The van der Waals surface area contributed by atoms with Gasteiger partial charge in [0.05, 0.1) is 42.1 Å². The smallest absolute Gasteiger partial charge is 0.338 e. The number of terminal acetylenes is 1. The molecule has 10 nitrogen and oxygen atoms in total. The van der Waals surface area contributed by atoms with Gasteiger partial charge in [-0.15, -0.1) is 6.42 Å². The summed E-state index contributed by atoms with van der Waals surface area (Å²) in [6.07, 6.45) is 5.44. The van der Waals surface area contributed by atoms with Crippen molar-refractivity contribution < 1.29 is 32.3 Å². The number of amides is 2. The summed E-state index contributed by atoms with van der Waals surface area (Å²) in [6, 6.07) is 4.84. The second-order valence-corrected chi connectivity index (χ2v) is 10.2. The number of morpholine rings is 1. The monoisotopic (exact) mass is 493 g/mol. The number of carbonyl (C=O) groups is 3. The Labute approximate surface area is 194 Å². The second-order valence-electron chi connectivity index (χ2n) is 7.11. The Kier molecular flexibility index (Phi) is 8.01. The van der Waals surface area contributed by atoms with E-state index in [4.69, 9.17) is 15.9 Å². The topological polar surface area (TPSA) is 124 Å². The van der Waals surface area contributed by atoms with Crippen LogP contribution in [0.4, 0.5) is 0 Å². The van der Waals surface area contributed by atoms with E-state index in [1.54, 1.807) is 29.7 Å². The maximum absolute atomic E-state index is 12.5. The van der Waals surface area contributed by atoms with E-state index in [0.717, 1.165) is 11.3 Å². The van der Waals surface area contributed by atoms with Crippen LogP contribution < -0.4 is 4.80 Å². The first kappa shape index (κ1) is 24.6. The van der Waals surface area contributed by atoms with E-state index in [0.29, 0.717) is 42.1 Å². The molecule has 0 spiro atoms. The standard InChI is InChI=1S/C21H23N3O7S2/c1-3-7-24-16-6-5-15(20(27)31-4-2)12-17(16)32-21(24)22-18(25)13-33(28,29)14-19(26)23-8-10-30-11-9-23/h1,5-6,12H,4,7-11,13-14H2,2H3. The highest BCUT2D eigenvalue weighted by molar-refractivity contribution is 7.92. The lowest BCUT2D eigenvalue weighted by atomic mass is 10.2. The summed E-state index contributed by atoms with van der Waals surface area (Å²) in [5.41, 5.74) is 0.975. The first-order valence-electron chi connectivity index (χ1n) is 10.1.